The molecule has 0 aromatic heterocycles. The third-order valence-electron chi connectivity index (χ3n) is 3.99. The average Bonchev–Trinajstić information content (AvgIpc) is 2.77. The molecule has 30 heavy (non-hydrogen) atoms. The number of hydrogen-bond donors (Lipinski definition) is 0. The molecule has 3 aromatic carbocycles. The van der Waals surface area contributed by atoms with Gasteiger partial charge in [0.2, 0.25) is 0 Å². The van der Waals surface area contributed by atoms with E-state index in [1.54, 1.807) is 48.5 Å². The van der Waals surface area contributed by atoms with Crippen molar-refractivity contribution in [3.8, 4) is 0 Å². The van der Waals surface area contributed by atoms with Crippen LogP contribution in [0.1, 0.15) is 31.8 Å². The Morgan fingerprint density at radius 2 is 1.33 bits per heavy atom. The summed E-state index contributed by atoms with van der Waals surface area (Å²) in [7, 11) is 0. The lowest BCUT2D eigenvalue weighted by Gasteiger charge is -2.20. The highest BCUT2D eigenvalue weighted by Gasteiger charge is 2.30. The van der Waals surface area contributed by atoms with E-state index in [9.17, 15) is 22.8 Å². The normalized spacial score (nSPS) is 11.0. The Bertz CT molecular complexity index is 990. The molecule has 3 rings (SSSR count). The van der Waals surface area contributed by atoms with Gasteiger partial charge in [0.05, 0.1) is 11.1 Å². The second-order valence-corrected chi connectivity index (χ2v) is 6.14. The lowest BCUT2D eigenvalue weighted by molar-refractivity contribution is -0.300. The first-order valence-electron chi connectivity index (χ1n) is 8.80. The summed E-state index contributed by atoms with van der Waals surface area (Å²) in [5.41, 5.74) is -0.159. The van der Waals surface area contributed by atoms with Gasteiger partial charge in [0.25, 0.3) is 0 Å². The van der Waals surface area contributed by atoms with Gasteiger partial charge in [-0.15, -0.1) is 0 Å². The Hall–Kier alpha value is -3.65. The van der Waals surface area contributed by atoms with E-state index < -0.39 is 23.6 Å². The predicted molar refractivity (Wildman–Crippen MR) is 101 cm³/mol. The van der Waals surface area contributed by atoms with Crippen molar-refractivity contribution in [3.05, 3.63) is 107 Å². The number of carbonyl (C=O) groups is 2. The number of halogens is 3. The molecule has 0 atom stereocenters. The fraction of sp³-hybridized carbons (Fsp3) is 0.0909. The van der Waals surface area contributed by atoms with E-state index in [0.29, 0.717) is 10.8 Å². The molecule has 0 aliphatic rings. The van der Waals surface area contributed by atoms with Crippen LogP contribution in [0.5, 0.6) is 0 Å². The molecule has 0 saturated carbocycles. The molecule has 0 aliphatic carbocycles. The molecule has 0 aliphatic heterocycles. The predicted octanol–water partition coefficient (Wildman–Crippen LogP) is 5.05. The highest BCUT2D eigenvalue weighted by molar-refractivity contribution is 5.95. The van der Waals surface area contributed by atoms with Crippen LogP contribution in [0.15, 0.2) is 84.9 Å². The zero-order valence-corrected chi connectivity index (χ0v) is 15.5. The molecule has 0 spiro atoms. The van der Waals surface area contributed by atoms with E-state index >= 15 is 0 Å². The summed E-state index contributed by atoms with van der Waals surface area (Å²) >= 11 is 0. The third kappa shape index (κ3) is 5.45. The summed E-state index contributed by atoms with van der Waals surface area (Å²) < 4.78 is 38.1. The van der Waals surface area contributed by atoms with Crippen molar-refractivity contribution in [2.24, 2.45) is 0 Å². The van der Waals surface area contributed by atoms with Crippen LogP contribution in [0.4, 0.5) is 13.2 Å². The first kappa shape index (κ1) is 21.1. The fourth-order valence-electron chi connectivity index (χ4n) is 2.44. The van der Waals surface area contributed by atoms with E-state index in [1.807, 2.05) is 0 Å². The Labute approximate surface area is 170 Å². The molecule has 0 radical (unpaired) electrons. The van der Waals surface area contributed by atoms with E-state index in [0.717, 1.165) is 24.3 Å². The maximum atomic E-state index is 12.7. The van der Waals surface area contributed by atoms with Crippen molar-refractivity contribution >= 4 is 11.9 Å². The molecule has 1 amide bonds. The van der Waals surface area contributed by atoms with Crippen LogP contribution in [-0.2, 0) is 22.5 Å². The van der Waals surface area contributed by atoms with Gasteiger partial charge in [-0.3, -0.25) is 4.79 Å². The summed E-state index contributed by atoms with van der Waals surface area (Å²) in [4.78, 5) is 35.5. The van der Waals surface area contributed by atoms with Gasteiger partial charge in [-0.25, -0.2) is 9.63 Å². The Morgan fingerprint density at radius 3 is 1.90 bits per heavy atom. The molecular weight excluding hydrogens is 399 g/mol. The quantitative estimate of drug-likeness (QED) is 0.547. The highest BCUT2D eigenvalue weighted by atomic mass is 19.4. The first-order valence-corrected chi connectivity index (χ1v) is 8.80. The second kappa shape index (κ2) is 9.23. The summed E-state index contributed by atoms with van der Waals surface area (Å²) in [5, 5.41) is 0.433. The molecule has 0 N–H and O–H groups in total. The summed E-state index contributed by atoms with van der Waals surface area (Å²) in [5.74, 6) is -1.78. The molecule has 0 bridgehead atoms. The zero-order chi connectivity index (χ0) is 21.6. The third-order valence-corrected chi connectivity index (χ3v) is 3.99. The maximum Gasteiger partial charge on any atom is 0.416 e. The zero-order valence-electron chi connectivity index (χ0n) is 15.5. The van der Waals surface area contributed by atoms with E-state index in [1.165, 1.54) is 12.1 Å². The lowest BCUT2D eigenvalue weighted by atomic mass is 10.1. The number of rotatable bonds is 5. The molecule has 0 fully saturated rings. The summed E-state index contributed by atoms with van der Waals surface area (Å²) in [6.45, 7) is -0.0697. The summed E-state index contributed by atoms with van der Waals surface area (Å²) in [6.07, 6.45) is -4.53. The van der Waals surface area contributed by atoms with Crippen LogP contribution in [0.2, 0.25) is 0 Å². The number of amides is 1. The Balaban J connectivity index is 1.77. The van der Waals surface area contributed by atoms with Gasteiger partial charge in [-0.1, -0.05) is 48.5 Å². The SMILES string of the molecule is O=C(ON(OCc1ccccc1)C(=O)c1ccccc1)c1ccc(C(F)(F)F)cc1. The van der Waals surface area contributed by atoms with Gasteiger partial charge in [0.15, 0.2) is 0 Å². The number of alkyl halides is 3. The lowest BCUT2D eigenvalue weighted by Crippen LogP contribution is -2.33. The first-order chi connectivity index (χ1) is 14.3. The van der Waals surface area contributed by atoms with E-state index in [2.05, 4.69) is 0 Å². The van der Waals surface area contributed by atoms with Crippen LogP contribution >= 0.6 is 0 Å². The van der Waals surface area contributed by atoms with Crippen LogP contribution in [0, 0.1) is 0 Å². The number of hydrogen-bond acceptors (Lipinski definition) is 4. The second-order valence-electron chi connectivity index (χ2n) is 6.14. The van der Waals surface area contributed by atoms with Gasteiger partial charge < -0.3 is 4.84 Å². The molecule has 154 valence electrons. The maximum absolute atomic E-state index is 12.7. The minimum Gasteiger partial charge on any atom is -0.306 e. The van der Waals surface area contributed by atoms with Crippen molar-refractivity contribution in [1.82, 2.24) is 5.23 Å². The van der Waals surface area contributed by atoms with E-state index in [-0.39, 0.29) is 17.7 Å². The van der Waals surface area contributed by atoms with Crippen molar-refractivity contribution in [1.29, 1.82) is 0 Å². The fourth-order valence-corrected chi connectivity index (χ4v) is 2.44. The number of hydroxylamine groups is 2. The van der Waals surface area contributed by atoms with Crippen molar-refractivity contribution in [3.63, 3.8) is 0 Å². The van der Waals surface area contributed by atoms with Gasteiger partial charge >= 0.3 is 18.1 Å². The molecular formula is C22H16F3NO4. The van der Waals surface area contributed by atoms with Gasteiger partial charge in [-0.05, 0) is 47.2 Å². The molecule has 0 unspecified atom stereocenters. The number of benzene rings is 3. The van der Waals surface area contributed by atoms with Crippen molar-refractivity contribution < 1.29 is 32.4 Å². The Kier molecular flexibility index (Phi) is 6.48. The topological polar surface area (TPSA) is 55.8 Å². The number of nitrogens with zero attached hydrogens (tertiary/aromatic N) is 1. The smallest absolute Gasteiger partial charge is 0.306 e. The largest absolute Gasteiger partial charge is 0.416 e. The van der Waals surface area contributed by atoms with Crippen LogP contribution < -0.4 is 0 Å². The van der Waals surface area contributed by atoms with E-state index in [4.69, 9.17) is 9.68 Å². The van der Waals surface area contributed by atoms with Gasteiger partial charge in [0.1, 0.15) is 6.61 Å². The molecule has 0 heterocycles. The van der Waals surface area contributed by atoms with Gasteiger partial charge in [-0.2, -0.15) is 13.2 Å². The standard InChI is InChI=1S/C22H16F3NO4/c23-22(24,25)19-13-11-18(12-14-19)21(28)30-26(20(27)17-9-5-2-6-10-17)29-15-16-7-3-1-4-8-16/h1-14H,15H2. The molecule has 3 aromatic rings. The van der Waals surface area contributed by atoms with Crippen molar-refractivity contribution in [2.45, 2.75) is 12.8 Å². The number of carbonyl (C=O) groups excluding carboxylic acids is 2. The van der Waals surface area contributed by atoms with Crippen molar-refractivity contribution in [2.75, 3.05) is 0 Å². The highest BCUT2D eigenvalue weighted by Crippen LogP contribution is 2.29. The molecule has 8 heteroatoms. The average molecular weight is 415 g/mol. The minimum atomic E-state index is -4.53. The molecule has 0 saturated heterocycles. The monoisotopic (exact) mass is 415 g/mol. The van der Waals surface area contributed by atoms with Crippen LogP contribution in [0.25, 0.3) is 0 Å². The summed E-state index contributed by atoms with van der Waals surface area (Å²) in [6, 6.07) is 20.3. The Morgan fingerprint density at radius 1 is 0.767 bits per heavy atom. The van der Waals surface area contributed by atoms with Crippen LogP contribution in [0.3, 0.4) is 0 Å². The van der Waals surface area contributed by atoms with Crippen LogP contribution in [-0.4, -0.2) is 17.1 Å². The minimum absolute atomic E-state index is 0.0697. The van der Waals surface area contributed by atoms with Gasteiger partial charge in [0, 0.05) is 5.56 Å². The molecule has 5 nitrogen and oxygen atoms in total.